The summed E-state index contributed by atoms with van der Waals surface area (Å²) in [6.45, 7) is 0. The zero-order valence-corrected chi connectivity index (χ0v) is 12.4. The van der Waals surface area contributed by atoms with Crippen molar-refractivity contribution in [2.75, 3.05) is 0 Å². The molecular formula is C17H17ClN2O. The lowest BCUT2D eigenvalue weighted by atomic mass is 10.1. The maximum atomic E-state index is 12.2. The van der Waals surface area contributed by atoms with E-state index in [1.54, 1.807) is 12.3 Å². The van der Waals surface area contributed by atoms with Crippen LogP contribution < -0.4 is 5.32 Å². The van der Waals surface area contributed by atoms with Gasteiger partial charge in [-0.05, 0) is 37.1 Å². The number of nitrogens with zero attached hydrogens (tertiary/aromatic N) is 1. The number of aromatic nitrogens is 1. The van der Waals surface area contributed by atoms with Gasteiger partial charge in [0.1, 0.15) is 0 Å². The van der Waals surface area contributed by atoms with Crippen LogP contribution in [-0.2, 0) is 0 Å². The monoisotopic (exact) mass is 300 g/mol. The minimum Gasteiger partial charge on any atom is -0.349 e. The third kappa shape index (κ3) is 3.24. The molecule has 3 rings (SSSR count). The normalized spacial score (nSPS) is 15.1. The number of rotatable bonds is 3. The van der Waals surface area contributed by atoms with Gasteiger partial charge in [-0.2, -0.15) is 0 Å². The second-order valence-corrected chi connectivity index (χ2v) is 5.77. The Morgan fingerprint density at radius 3 is 2.52 bits per heavy atom. The lowest BCUT2D eigenvalue weighted by Gasteiger charge is -2.12. The predicted octanol–water partition coefficient (Wildman–Crippen LogP) is 4.07. The van der Waals surface area contributed by atoms with Crippen LogP contribution in [-0.4, -0.2) is 16.9 Å². The highest BCUT2D eigenvalue weighted by atomic mass is 35.5. The van der Waals surface area contributed by atoms with Crippen LogP contribution in [0.25, 0.3) is 11.3 Å². The molecule has 0 unspecified atom stereocenters. The molecule has 1 N–H and O–H groups in total. The van der Waals surface area contributed by atoms with Gasteiger partial charge in [-0.25, -0.2) is 0 Å². The molecule has 1 saturated carbocycles. The van der Waals surface area contributed by atoms with Gasteiger partial charge in [0.05, 0.1) is 10.7 Å². The number of halogens is 1. The van der Waals surface area contributed by atoms with Gasteiger partial charge in [0.15, 0.2) is 0 Å². The summed E-state index contributed by atoms with van der Waals surface area (Å²) >= 11 is 6.13. The Labute approximate surface area is 129 Å². The Balaban J connectivity index is 1.74. The average molecular weight is 301 g/mol. The first-order valence-corrected chi connectivity index (χ1v) is 7.63. The van der Waals surface area contributed by atoms with Gasteiger partial charge in [0.2, 0.25) is 0 Å². The molecule has 1 aromatic heterocycles. The largest absolute Gasteiger partial charge is 0.349 e. The Hall–Kier alpha value is -1.87. The molecule has 1 heterocycles. The van der Waals surface area contributed by atoms with Crippen LogP contribution in [0.2, 0.25) is 5.02 Å². The highest BCUT2D eigenvalue weighted by molar-refractivity contribution is 6.33. The van der Waals surface area contributed by atoms with Crippen LogP contribution in [0.3, 0.4) is 0 Å². The summed E-state index contributed by atoms with van der Waals surface area (Å²) in [6, 6.07) is 11.4. The van der Waals surface area contributed by atoms with Gasteiger partial charge in [-0.1, -0.05) is 36.6 Å². The van der Waals surface area contributed by atoms with Gasteiger partial charge in [-0.15, -0.1) is 0 Å². The molecule has 0 spiro atoms. The second kappa shape index (κ2) is 6.27. The molecule has 0 saturated heterocycles. The Bertz CT molecular complexity index is 633. The van der Waals surface area contributed by atoms with Gasteiger partial charge in [0, 0.05) is 23.4 Å². The van der Waals surface area contributed by atoms with Crippen molar-refractivity contribution in [3.63, 3.8) is 0 Å². The van der Waals surface area contributed by atoms with Crippen molar-refractivity contribution >= 4 is 17.5 Å². The lowest BCUT2D eigenvalue weighted by Crippen LogP contribution is -2.32. The van der Waals surface area contributed by atoms with Crippen molar-refractivity contribution < 1.29 is 4.79 Å². The van der Waals surface area contributed by atoms with Crippen LogP contribution in [0.4, 0.5) is 0 Å². The minimum atomic E-state index is 0.000526. The second-order valence-electron chi connectivity index (χ2n) is 5.37. The highest BCUT2D eigenvalue weighted by Crippen LogP contribution is 2.25. The molecule has 0 bridgehead atoms. The number of carbonyl (C=O) groups excluding carboxylic acids is 1. The van der Waals surface area contributed by atoms with Crippen LogP contribution in [0.1, 0.15) is 36.0 Å². The molecule has 1 aromatic carbocycles. The van der Waals surface area contributed by atoms with Crippen LogP contribution in [0.15, 0.2) is 42.6 Å². The molecular weight excluding hydrogens is 284 g/mol. The fraction of sp³-hybridized carbons (Fsp3) is 0.294. The summed E-state index contributed by atoms with van der Waals surface area (Å²) in [4.78, 5) is 16.4. The number of carbonyl (C=O) groups is 1. The third-order valence-electron chi connectivity index (χ3n) is 3.87. The van der Waals surface area contributed by atoms with E-state index >= 15 is 0 Å². The van der Waals surface area contributed by atoms with Crippen molar-refractivity contribution in [1.82, 2.24) is 10.3 Å². The topological polar surface area (TPSA) is 42.0 Å². The molecule has 0 atom stereocenters. The molecule has 21 heavy (non-hydrogen) atoms. The van der Waals surface area contributed by atoms with Crippen LogP contribution in [0, 0.1) is 0 Å². The molecule has 4 heteroatoms. The molecule has 1 fully saturated rings. The fourth-order valence-corrected chi connectivity index (χ4v) is 2.95. The minimum absolute atomic E-state index is 0.000526. The SMILES string of the molecule is O=C(NC1CCCC1)c1ccc(-c2ncccc2Cl)cc1. The van der Waals surface area contributed by atoms with E-state index in [4.69, 9.17) is 11.6 Å². The molecule has 1 amide bonds. The van der Waals surface area contributed by atoms with E-state index in [-0.39, 0.29) is 5.91 Å². The van der Waals surface area contributed by atoms with Crippen molar-refractivity contribution in [2.45, 2.75) is 31.7 Å². The summed E-state index contributed by atoms with van der Waals surface area (Å²) in [7, 11) is 0. The number of hydrogen-bond donors (Lipinski definition) is 1. The number of benzene rings is 1. The van der Waals surface area contributed by atoms with Crippen molar-refractivity contribution in [3.05, 3.63) is 53.2 Å². The van der Waals surface area contributed by atoms with E-state index in [1.807, 2.05) is 30.3 Å². The fourth-order valence-electron chi connectivity index (χ4n) is 2.72. The highest BCUT2D eigenvalue weighted by Gasteiger charge is 2.17. The molecule has 0 aliphatic heterocycles. The van der Waals surface area contributed by atoms with Gasteiger partial charge >= 0.3 is 0 Å². The zero-order valence-electron chi connectivity index (χ0n) is 11.7. The predicted molar refractivity (Wildman–Crippen MR) is 84.4 cm³/mol. The van der Waals surface area contributed by atoms with Crippen LogP contribution >= 0.6 is 11.6 Å². The van der Waals surface area contributed by atoms with Gasteiger partial charge in [-0.3, -0.25) is 9.78 Å². The number of pyridine rings is 1. The maximum Gasteiger partial charge on any atom is 0.251 e. The number of nitrogens with one attached hydrogen (secondary N) is 1. The first kappa shape index (κ1) is 14.1. The lowest BCUT2D eigenvalue weighted by molar-refractivity contribution is 0.0938. The van der Waals surface area contributed by atoms with E-state index in [0.717, 1.165) is 24.1 Å². The Kier molecular flexibility index (Phi) is 4.20. The maximum absolute atomic E-state index is 12.2. The summed E-state index contributed by atoms with van der Waals surface area (Å²) in [5.74, 6) is 0.000526. The van der Waals surface area contributed by atoms with Gasteiger partial charge < -0.3 is 5.32 Å². The Morgan fingerprint density at radius 2 is 1.86 bits per heavy atom. The van der Waals surface area contributed by atoms with Gasteiger partial charge in [0.25, 0.3) is 5.91 Å². The van der Waals surface area contributed by atoms with Crippen molar-refractivity contribution in [2.24, 2.45) is 0 Å². The van der Waals surface area contributed by atoms with Crippen LogP contribution in [0.5, 0.6) is 0 Å². The summed E-state index contributed by atoms with van der Waals surface area (Å²) in [5.41, 5.74) is 2.33. The summed E-state index contributed by atoms with van der Waals surface area (Å²) in [6.07, 6.45) is 6.31. The van der Waals surface area contributed by atoms with E-state index in [1.165, 1.54) is 12.8 Å². The van der Waals surface area contributed by atoms with E-state index in [2.05, 4.69) is 10.3 Å². The molecule has 1 aliphatic rings. The molecule has 0 radical (unpaired) electrons. The van der Waals surface area contributed by atoms with E-state index in [9.17, 15) is 4.79 Å². The standard InChI is InChI=1S/C17H17ClN2O/c18-15-6-3-11-19-16(15)12-7-9-13(10-8-12)17(21)20-14-4-1-2-5-14/h3,6-11,14H,1-2,4-5H2,(H,20,21). The number of hydrogen-bond acceptors (Lipinski definition) is 2. The van der Waals surface area contributed by atoms with E-state index in [0.29, 0.717) is 16.6 Å². The third-order valence-corrected chi connectivity index (χ3v) is 4.17. The van der Waals surface area contributed by atoms with E-state index < -0.39 is 0 Å². The first-order chi connectivity index (χ1) is 10.2. The quantitative estimate of drug-likeness (QED) is 0.928. The average Bonchev–Trinajstić information content (AvgIpc) is 3.01. The molecule has 3 nitrogen and oxygen atoms in total. The molecule has 1 aliphatic carbocycles. The Morgan fingerprint density at radius 1 is 1.14 bits per heavy atom. The first-order valence-electron chi connectivity index (χ1n) is 7.26. The van der Waals surface area contributed by atoms with Crippen molar-refractivity contribution in [1.29, 1.82) is 0 Å². The summed E-state index contributed by atoms with van der Waals surface area (Å²) in [5, 5.41) is 3.70. The molecule has 2 aromatic rings. The summed E-state index contributed by atoms with van der Waals surface area (Å²) < 4.78 is 0. The number of amides is 1. The van der Waals surface area contributed by atoms with Crippen molar-refractivity contribution in [3.8, 4) is 11.3 Å². The smallest absolute Gasteiger partial charge is 0.251 e. The zero-order chi connectivity index (χ0) is 14.7. The molecule has 108 valence electrons.